The second-order valence-corrected chi connectivity index (χ2v) is 4.62. The Kier molecular flexibility index (Phi) is 2.49. The van der Waals surface area contributed by atoms with Crippen LogP contribution in [0.1, 0.15) is 24.4 Å². The maximum atomic E-state index is 13.3. The summed E-state index contributed by atoms with van der Waals surface area (Å²) in [4.78, 5) is 0. The topological polar surface area (TPSA) is 52.0 Å². The van der Waals surface area contributed by atoms with E-state index in [0.717, 1.165) is 18.4 Å². The fraction of sp³-hybridized carbons (Fsp3) is 0.400. The molecule has 4 N–H and O–H groups in total. The highest BCUT2D eigenvalue weighted by Gasteiger charge is 2.30. The molecule has 0 aromatic heterocycles. The average Bonchev–Trinajstić information content (AvgIpc) is 2.95. The van der Waals surface area contributed by atoms with Crippen LogP contribution in [0.5, 0.6) is 0 Å². The molecule has 1 aliphatic rings. The van der Waals surface area contributed by atoms with Crippen molar-refractivity contribution in [2.45, 2.75) is 18.9 Å². The first kappa shape index (κ1) is 9.93. The lowest BCUT2D eigenvalue weighted by atomic mass is 10.0. The summed E-state index contributed by atoms with van der Waals surface area (Å²) in [5.41, 5.74) is 12.4. The number of nitrogens with two attached hydrogens (primary N) is 2. The lowest BCUT2D eigenvalue weighted by Gasteiger charge is -2.12. The van der Waals surface area contributed by atoms with Crippen LogP contribution in [0.3, 0.4) is 0 Å². The second kappa shape index (κ2) is 3.51. The molecule has 14 heavy (non-hydrogen) atoms. The molecule has 1 aliphatic carbocycles. The number of hydrogen-bond acceptors (Lipinski definition) is 2. The van der Waals surface area contributed by atoms with Gasteiger partial charge in [-0.05, 0) is 52.4 Å². The van der Waals surface area contributed by atoms with Gasteiger partial charge in [0.15, 0.2) is 0 Å². The van der Waals surface area contributed by atoms with Gasteiger partial charge in [-0.2, -0.15) is 0 Å². The largest absolute Gasteiger partial charge is 0.395 e. The predicted octanol–water partition coefficient (Wildman–Crippen LogP) is 2.58. The van der Waals surface area contributed by atoms with Crippen LogP contribution in [-0.4, -0.2) is 0 Å². The van der Waals surface area contributed by atoms with Crippen LogP contribution in [-0.2, 0) is 0 Å². The molecule has 4 heteroatoms. The smallest absolute Gasteiger partial charge is 0.147 e. The van der Waals surface area contributed by atoms with Crippen LogP contribution in [0, 0.1) is 11.7 Å². The first-order valence-corrected chi connectivity index (χ1v) is 5.39. The molecule has 1 aromatic rings. The van der Waals surface area contributed by atoms with Crippen LogP contribution >= 0.6 is 15.9 Å². The summed E-state index contributed by atoms with van der Waals surface area (Å²) in [7, 11) is 0. The Hall–Kier alpha value is -0.610. The predicted molar refractivity (Wildman–Crippen MR) is 58.2 cm³/mol. The minimum atomic E-state index is -0.398. The molecule has 2 nitrogen and oxygen atoms in total. The number of benzene rings is 1. The zero-order valence-electron chi connectivity index (χ0n) is 7.63. The summed E-state index contributed by atoms with van der Waals surface area (Å²) in [6, 6.07) is 3.19. The number of halogens is 2. The van der Waals surface area contributed by atoms with Gasteiger partial charge in [-0.25, -0.2) is 4.39 Å². The first-order valence-electron chi connectivity index (χ1n) is 4.59. The van der Waals surface area contributed by atoms with Crippen molar-refractivity contribution < 1.29 is 4.39 Å². The molecule has 0 bridgehead atoms. The van der Waals surface area contributed by atoms with Crippen molar-refractivity contribution in [3.05, 3.63) is 28.0 Å². The van der Waals surface area contributed by atoms with Crippen molar-refractivity contribution in [3.63, 3.8) is 0 Å². The molecule has 0 spiro atoms. The summed E-state index contributed by atoms with van der Waals surface area (Å²) >= 11 is 3.21. The highest BCUT2D eigenvalue weighted by molar-refractivity contribution is 9.10. The maximum absolute atomic E-state index is 13.3. The lowest BCUT2D eigenvalue weighted by molar-refractivity contribution is 0.604. The zero-order chi connectivity index (χ0) is 10.3. The van der Waals surface area contributed by atoms with E-state index < -0.39 is 5.82 Å². The van der Waals surface area contributed by atoms with Crippen LogP contribution in [0.2, 0.25) is 0 Å². The van der Waals surface area contributed by atoms with E-state index in [1.807, 2.05) is 0 Å². The van der Waals surface area contributed by atoms with Crippen LogP contribution in [0.15, 0.2) is 16.6 Å². The molecule has 0 amide bonds. The summed E-state index contributed by atoms with van der Waals surface area (Å²) in [6.45, 7) is 0. The van der Waals surface area contributed by atoms with Gasteiger partial charge < -0.3 is 11.5 Å². The SMILES string of the molecule is Nc1c(F)cc([C@@H](N)C2CC2)cc1Br. The monoisotopic (exact) mass is 258 g/mol. The van der Waals surface area contributed by atoms with Gasteiger partial charge in [0.05, 0.1) is 5.69 Å². The molecule has 2 rings (SSSR count). The molecule has 0 saturated heterocycles. The molecule has 1 fully saturated rings. The molecule has 76 valence electrons. The van der Waals surface area contributed by atoms with E-state index in [0.29, 0.717) is 10.4 Å². The third kappa shape index (κ3) is 1.77. The van der Waals surface area contributed by atoms with E-state index in [1.54, 1.807) is 6.07 Å². The Morgan fingerprint density at radius 2 is 2.07 bits per heavy atom. The number of hydrogen-bond donors (Lipinski definition) is 2. The summed E-state index contributed by atoms with van der Waals surface area (Å²) < 4.78 is 13.9. The van der Waals surface area contributed by atoms with Gasteiger partial charge in [0.1, 0.15) is 5.82 Å². The Bertz CT molecular complexity index is 340. The van der Waals surface area contributed by atoms with E-state index in [-0.39, 0.29) is 11.7 Å². The van der Waals surface area contributed by atoms with Gasteiger partial charge in [-0.3, -0.25) is 0 Å². The Labute approximate surface area is 90.6 Å². The molecule has 1 aromatic carbocycles. The average molecular weight is 259 g/mol. The highest BCUT2D eigenvalue weighted by atomic mass is 79.9. The van der Waals surface area contributed by atoms with Crippen molar-refractivity contribution in [2.24, 2.45) is 11.7 Å². The molecule has 1 atom stereocenters. The number of anilines is 1. The molecule has 0 radical (unpaired) electrons. The highest BCUT2D eigenvalue weighted by Crippen LogP contribution is 2.40. The van der Waals surface area contributed by atoms with Crippen molar-refractivity contribution in [1.29, 1.82) is 0 Å². The van der Waals surface area contributed by atoms with E-state index in [1.165, 1.54) is 6.07 Å². The van der Waals surface area contributed by atoms with E-state index in [9.17, 15) is 4.39 Å². The first-order chi connectivity index (χ1) is 6.59. The van der Waals surface area contributed by atoms with Gasteiger partial charge in [0.2, 0.25) is 0 Å². The van der Waals surface area contributed by atoms with Gasteiger partial charge >= 0.3 is 0 Å². The maximum Gasteiger partial charge on any atom is 0.147 e. The molecule has 1 saturated carbocycles. The quantitative estimate of drug-likeness (QED) is 0.802. The minimum Gasteiger partial charge on any atom is -0.395 e. The van der Waals surface area contributed by atoms with Crippen molar-refractivity contribution in [3.8, 4) is 0 Å². The normalized spacial score (nSPS) is 18.2. The summed E-state index contributed by atoms with van der Waals surface area (Å²) in [6.07, 6.45) is 2.29. The zero-order valence-corrected chi connectivity index (χ0v) is 9.22. The Balaban J connectivity index is 2.34. The minimum absolute atomic E-state index is 0.0543. The van der Waals surface area contributed by atoms with E-state index >= 15 is 0 Å². The third-order valence-corrected chi connectivity index (χ3v) is 3.27. The number of rotatable bonds is 2. The van der Waals surface area contributed by atoms with Crippen molar-refractivity contribution in [1.82, 2.24) is 0 Å². The molecule has 0 aliphatic heterocycles. The van der Waals surface area contributed by atoms with Gasteiger partial charge in [-0.15, -0.1) is 0 Å². The molecular formula is C10H12BrFN2. The molecule has 0 heterocycles. The van der Waals surface area contributed by atoms with Gasteiger partial charge in [0, 0.05) is 10.5 Å². The van der Waals surface area contributed by atoms with E-state index in [2.05, 4.69) is 15.9 Å². The second-order valence-electron chi connectivity index (χ2n) is 3.76. The molecule has 0 unspecified atom stereocenters. The fourth-order valence-electron chi connectivity index (χ4n) is 1.52. The van der Waals surface area contributed by atoms with Crippen LogP contribution in [0.25, 0.3) is 0 Å². The molecular weight excluding hydrogens is 247 g/mol. The summed E-state index contributed by atoms with van der Waals surface area (Å²) in [5, 5.41) is 0. The summed E-state index contributed by atoms with van der Waals surface area (Å²) in [5.74, 6) is 0.121. The lowest BCUT2D eigenvalue weighted by Crippen LogP contribution is -2.13. The van der Waals surface area contributed by atoms with Crippen LogP contribution < -0.4 is 11.5 Å². The van der Waals surface area contributed by atoms with Crippen LogP contribution in [0.4, 0.5) is 10.1 Å². The third-order valence-electron chi connectivity index (χ3n) is 2.62. The fourth-order valence-corrected chi connectivity index (χ4v) is 1.98. The Morgan fingerprint density at radius 1 is 1.43 bits per heavy atom. The van der Waals surface area contributed by atoms with E-state index in [4.69, 9.17) is 11.5 Å². The van der Waals surface area contributed by atoms with Crippen molar-refractivity contribution in [2.75, 3.05) is 5.73 Å². The standard InChI is InChI=1S/C10H12BrFN2/c11-7-3-6(4-8(12)10(7)14)9(13)5-1-2-5/h3-5,9H,1-2,13-14H2/t9-/m0/s1. The van der Waals surface area contributed by atoms with Crippen molar-refractivity contribution >= 4 is 21.6 Å². The van der Waals surface area contributed by atoms with Gasteiger partial charge in [-0.1, -0.05) is 0 Å². The van der Waals surface area contributed by atoms with Gasteiger partial charge in [0.25, 0.3) is 0 Å². The Morgan fingerprint density at radius 3 is 2.57 bits per heavy atom. The number of nitrogen functional groups attached to an aromatic ring is 1.